The van der Waals surface area contributed by atoms with Crippen molar-refractivity contribution in [3.05, 3.63) is 169 Å². The molecule has 8 aromatic carbocycles. The van der Waals surface area contributed by atoms with Crippen molar-refractivity contribution in [2.75, 3.05) is 0 Å². The summed E-state index contributed by atoms with van der Waals surface area (Å²) in [7, 11) is 0. The van der Waals surface area contributed by atoms with Crippen LogP contribution in [0.25, 0.3) is 87.7 Å². The number of para-hydroxylation sites is 3. The van der Waals surface area contributed by atoms with Crippen molar-refractivity contribution >= 4 is 65.2 Å². The van der Waals surface area contributed by atoms with E-state index >= 15 is 0 Å². The third-order valence-corrected chi connectivity index (χ3v) is 9.91. The maximum absolute atomic E-state index is 9.54. The van der Waals surface area contributed by atoms with E-state index in [0.29, 0.717) is 5.56 Å². The van der Waals surface area contributed by atoms with Gasteiger partial charge in [-0.3, -0.25) is 0 Å². The van der Waals surface area contributed by atoms with Gasteiger partial charge in [0.2, 0.25) is 0 Å². The molecule has 3 nitrogen and oxygen atoms in total. The second-order valence-electron chi connectivity index (χ2n) is 12.5. The molecule has 0 aliphatic carbocycles. The van der Waals surface area contributed by atoms with E-state index in [0.717, 1.165) is 32.9 Å². The monoisotopic (exact) mass is 609 g/mol. The second kappa shape index (κ2) is 10.2. The smallest absolute Gasteiger partial charge is 0.0991 e. The van der Waals surface area contributed by atoms with Crippen LogP contribution in [0.15, 0.2) is 164 Å². The molecule has 2 aromatic heterocycles. The zero-order chi connectivity index (χ0) is 31.8. The number of hydrogen-bond acceptors (Lipinski definition) is 1. The topological polar surface area (TPSA) is 33.6 Å². The minimum absolute atomic E-state index is 0.677. The summed E-state index contributed by atoms with van der Waals surface area (Å²) < 4.78 is 4.78. The summed E-state index contributed by atoms with van der Waals surface area (Å²) >= 11 is 0. The molecule has 0 atom stereocenters. The minimum atomic E-state index is 0.677. The van der Waals surface area contributed by atoms with Crippen molar-refractivity contribution in [1.29, 1.82) is 5.26 Å². The van der Waals surface area contributed by atoms with Crippen LogP contribution >= 0.6 is 0 Å². The largest absolute Gasteiger partial charge is 0.309 e. The number of aromatic nitrogens is 2. The lowest BCUT2D eigenvalue weighted by molar-refractivity contribution is 1.18. The number of hydrogen-bond donors (Lipinski definition) is 0. The average Bonchev–Trinajstić information content (AvgIpc) is 3.67. The molecule has 0 aliphatic rings. The molecule has 0 fully saturated rings. The molecule has 0 radical (unpaired) electrons. The highest BCUT2D eigenvalue weighted by atomic mass is 15.0. The quantitative estimate of drug-likeness (QED) is 0.183. The molecule has 0 amide bonds. The van der Waals surface area contributed by atoms with Crippen molar-refractivity contribution < 1.29 is 0 Å². The van der Waals surface area contributed by atoms with Crippen LogP contribution in [0.3, 0.4) is 0 Å². The van der Waals surface area contributed by atoms with Gasteiger partial charge in [0.05, 0.1) is 33.7 Å². The number of nitrogens with zero attached hydrogens (tertiary/aromatic N) is 3. The van der Waals surface area contributed by atoms with E-state index in [-0.39, 0.29) is 0 Å². The third kappa shape index (κ3) is 3.81. The molecular weight excluding hydrogens is 583 g/mol. The van der Waals surface area contributed by atoms with Crippen molar-refractivity contribution in [3.63, 3.8) is 0 Å². The average molecular weight is 610 g/mol. The van der Waals surface area contributed by atoms with Gasteiger partial charge in [-0.2, -0.15) is 5.26 Å². The highest BCUT2D eigenvalue weighted by Gasteiger charge is 2.18. The SMILES string of the molecule is N#Cc1ccc2ccc3cc(-n4c5ccccc5c5c(-c6ccc7c8ccccc8n(-c8ccccc8)c7c6)cccc54)ccc3c2c1. The minimum Gasteiger partial charge on any atom is -0.309 e. The van der Waals surface area contributed by atoms with E-state index in [1.54, 1.807) is 0 Å². The summed E-state index contributed by atoms with van der Waals surface area (Å²) in [6.07, 6.45) is 0. The molecule has 10 aromatic rings. The Morgan fingerprint density at radius 3 is 1.92 bits per heavy atom. The molecular formula is C45H27N3. The van der Waals surface area contributed by atoms with E-state index in [2.05, 4.69) is 161 Å². The number of benzene rings is 8. The van der Waals surface area contributed by atoms with Crippen LogP contribution in [0.2, 0.25) is 0 Å². The van der Waals surface area contributed by atoms with E-state index in [4.69, 9.17) is 0 Å². The lowest BCUT2D eigenvalue weighted by atomic mass is 9.98. The fraction of sp³-hybridized carbons (Fsp3) is 0. The Hall–Kier alpha value is -6.63. The second-order valence-corrected chi connectivity index (χ2v) is 12.5. The van der Waals surface area contributed by atoms with E-state index < -0.39 is 0 Å². The normalized spacial score (nSPS) is 11.7. The zero-order valence-electron chi connectivity index (χ0n) is 25.9. The molecule has 0 saturated carbocycles. The lowest BCUT2D eigenvalue weighted by Crippen LogP contribution is -1.94. The zero-order valence-corrected chi connectivity index (χ0v) is 25.9. The van der Waals surface area contributed by atoms with Gasteiger partial charge in [-0.25, -0.2) is 0 Å². The standard InChI is InChI=1S/C45H27N3/c46-28-29-17-18-30-19-20-31-26-34(22-24-35(31)40(30)25-29)48-42-15-7-5-12-39(42)45-36(13-8-16-43(45)48)32-21-23-38-37-11-4-6-14-41(37)47(44(38)27-32)33-9-2-1-3-10-33/h1-27H. The van der Waals surface area contributed by atoms with Crippen molar-refractivity contribution in [3.8, 4) is 28.6 Å². The van der Waals surface area contributed by atoms with Crippen LogP contribution in [0.5, 0.6) is 0 Å². The van der Waals surface area contributed by atoms with Crippen molar-refractivity contribution in [1.82, 2.24) is 9.13 Å². The van der Waals surface area contributed by atoms with Gasteiger partial charge >= 0.3 is 0 Å². The number of fused-ring (bicyclic) bond motifs is 9. The molecule has 48 heavy (non-hydrogen) atoms. The molecule has 0 N–H and O–H groups in total. The van der Waals surface area contributed by atoms with Crippen LogP contribution in [-0.2, 0) is 0 Å². The van der Waals surface area contributed by atoms with Gasteiger partial charge in [-0.15, -0.1) is 0 Å². The molecule has 3 heteroatoms. The summed E-state index contributed by atoms with van der Waals surface area (Å²) in [6.45, 7) is 0. The molecule has 10 rings (SSSR count). The first-order chi connectivity index (χ1) is 23.8. The number of nitriles is 1. The van der Waals surface area contributed by atoms with Gasteiger partial charge in [0, 0.05) is 32.9 Å². The Kier molecular flexibility index (Phi) is 5.64. The first-order valence-corrected chi connectivity index (χ1v) is 16.2. The predicted octanol–water partition coefficient (Wildman–Crippen LogP) is 11.7. The Bertz CT molecular complexity index is 2950. The Labute approximate surface area is 276 Å². The highest BCUT2D eigenvalue weighted by Crippen LogP contribution is 2.41. The Morgan fingerprint density at radius 1 is 0.396 bits per heavy atom. The van der Waals surface area contributed by atoms with Crippen LogP contribution in [0, 0.1) is 11.3 Å². The van der Waals surface area contributed by atoms with Gasteiger partial charge in [0.15, 0.2) is 0 Å². The summed E-state index contributed by atoms with van der Waals surface area (Å²) in [5, 5.41) is 19.1. The summed E-state index contributed by atoms with van der Waals surface area (Å²) in [5.41, 5.74) is 10.1. The molecule has 2 heterocycles. The maximum atomic E-state index is 9.54. The lowest BCUT2D eigenvalue weighted by Gasteiger charge is -2.12. The van der Waals surface area contributed by atoms with Crippen LogP contribution in [-0.4, -0.2) is 9.13 Å². The molecule has 0 aliphatic heterocycles. The van der Waals surface area contributed by atoms with Crippen LogP contribution in [0.4, 0.5) is 0 Å². The highest BCUT2D eigenvalue weighted by molar-refractivity contribution is 6.17. The van der Waals surface area contributed by atoms with Gasteiger partial charge in [0.1, 0.15) is 0 Å². The van der Waals surface area contributed by atoms with E-state index in [1.807, 2.05) is 18.2 Å². The van der Waals surface area contributed by atoms with Gasteiger partial charge in [-0.05, 0) is 93.3 Å². The van der Waals surface area contributed by atoms with Gasteiger partial charge in [-0.1, -0.05) is 103 Å². The third-order valence-electron chi connectivity index (χ3n) is 9.91. The maximum Gasteiger partial charge on any atom is 0.0991 e. The Balaban J connectivity index is 1.22. The molecule has 222 valence electrons. The van der Waals surface area contributed by atoms with E-state index in [1.165, 1.54) is 54.7 Å². The van der Waals surface area contributed by atoms with Crippen molar-refractivity contribution in [2.24, 2.45) is 0 Å². The van der Waals surface area contributed by atoms with Crippen LogP contribution in [0.1, 0.15) is 5.56 Å². The predicted molar refractivity (Wildman–Crippen MR) is 200 cm³/mol. The molecule has 0 spiro atoms. The fourth-order valence-corrected chi connectivity index (χ4v) is 7.79. The fourth-order valence-electron chi connectivity index (χ4n) is 7.79. The number of rotatable bonds is 3. The summed E-state index contributed by atoms with van der Waals surface area (Å²) in [4.78, 5) is 0. The Morgan fingerprint density at radius 2 is 1.06 bits per heavy atom. The first-order valence-electron chi connectivity index (χ1n) is 16.2. The molecule has 0 saturated heterocycles. The summed E-state index contributed by atoms with van der Waals surface area (Å²) in [5.74, 6) is 0. The first kappa shape index (κ1) is 26.6. The van der Waals surface area contributed by atoms with Gasteiger partial charge in [0.25, 0.3) is 0 Å². The van der Waals surface area contributed by atoms with Crippen molar-refractivity contribution in [2.45, 2.75) is 0 Å². The van der Waals surface area contributed by atoms with Crippen LogP contribution < -0.4 is 0 Å². The molecule has 0 unspecified atom stereocenters. The molecule has 0 bridgehead atoms. The van der Waals surface area contributed by atoms with Gasteiger partial charge < -0.3 is 9.13 Å². The summed E-state index contributed by atoms with van der Waals surface area (Å²) in [6, 6.07) is 60.9. The van der Waals surface area contributed by atoms with E-state index in [9.17, 15) is 5.26 Å².